The van der Waals surface area contributed by atoms with Crippen molar-refractivity contribution in [3.8, 4) is 0 Å². The number of nitrogens with zero attached hydrogens (tertiary/aromatic N) is 1. The van der Waals surface area contributed by atoms with E-state index < -0.39 is 23.8 Å². The first-order valence-corrected chi connectivity index (χ1v) is 9.25. The Bertz CT molecular complexity index is 837. The molecule has 1 aromatic carbocycles. The first-order valence-electron chi connectivity index (χ1n) is 9.25. The van der Waals surface area contributed by atoms with Gasteiger partial charge in [0.05, 0.1) is 11.1 Å². The number of hydrogen-bond donors (Lipinski definition) is 3. The van der Waals surface area contributed by atoms with Crippen molar-refractivity contribution in [1.82, 2.24) is 15.5 Å². The van der Waals surface area contributed by atoms with Gasteiger partial charge in [-0.25, -0.2) is 0 Å². The average molecular weight is 370 g/mol. The van der Waals surface area contributed by atoms with Gasteiger partial charge in [0.15, 0.2) is 0 Å². The van der Waals surface area contributed by atoms with E-state index in [9.17, 15) is 19.2 Å². The summed E-state index contributed by atoms with van der Waals surface area (Å²) >= 11 is 0. The van der Waals surface area contributed by atoms with Crippen LogP contribution in [0.1, 0.15) is 45.5 Å². The van der Waals surface area contributed by atoms with Crippen LogP contribution in [0, 0.1) is 11.8 Å². The lowest BCUT2D eigenvalue weighted by Crippen LogP contribution is -2.54. The minimum atomic E-state index is -0.937. The van der Waals surface area contributed by atoms with Gasteiger partial charge in [0.25, 0.3) is 11.8 Å². The third kappa shape index (κ3) is 3.15. The summed E-state index contributed by atoms with van der Waals surface area (Å²) in [5, 5.41) is 5.55. The monoisotopic (exact) mass is 370 g/mol. The summed E-state index contributed by atoms with van der Waals surface area (Å²) in [6.45, 7) is 1.99. The predicted molar refractivity (Wildman–Crippen MR) is 95.5 cm³/mol. The summed E-state index contributed by atoms with van der Waals surface area (Å²) in [5.41, 5.74) is 7.06. The molecule has 3 unspecified atom stereocenters. The lowest BCUT2D eigenvalue weighted by molar-refractivity contribution is -0.136. The molecule has 4 N–H and O–H groups in total. The van der Waals surface area contributed by atoms with E-state index in [0.29, 0.717) is 36.1 Å². The van der Waals surface area contributed by atoms with E-state index in [1.807, 2.05) is 6.07 Å². The van der Waals surface area contributed by atoms with Gasteiger partial charge in [0.1, 0.15) is 6.04 Å². The molecular formula is C19H22N4O4. The van der Waals surface area contributed by atoms with Crippen LogP contribution in [0.4, 0.5) is 0 Å². The van der Waals surface area contributed by atoms with E-state index in [1.54, 1.807) is 12.1 Å². The number of benzene rings is 1. The van der Waals surface area contributed by atoms with Gasteiger partial charge in [0, 0.05) is 13.0 Å². The second kappa shape index (κ2) is 6.86. The molecule has 27 heavy (non-hydrogen) atoms. The summed E-state index contributed by atoms with van der Waals surface area (Å²) in [7, 11) is 0. The first-order chi connectivity index (χ1) is 13.0. The quantitative estimate of drug-likeness (QED) is 0.595. The summed E-state index contributed by atoms with van der Waals surface area (Å²) in [5.74, 6) is -0.769. The molecule has 2 aliphatic heterocycles. The fourth-order valence-electron chi connectivity index (χ4n) is 3.97. The number of amides is 4. The van der Waals surface area contributed by atoms with E-state index in [4.69, 9.17) is 5.73 Å². The van der Waals surface area contributed by atoms with Gasteiger partial charge in [-0.05, 0) is 49.4 Å². The molecule has 1 aromatic rings. The van der Waals surface area contributed by atoms with Crippen LogP contribution in [0.25, 0.3) is 0 Å². The predicted octanol–water partition coefficient (Wildman–Crippen LogP) is -0.228. The number of rotatable bonds is 6. The molecule has 2 heterocycles. The van der Waals surface area contributed by atoms with Gasteiger partial charge < -0.3 is 11.1 Å². The minimum Gasteiger partial charge on any atom is -0.330 e. The van der Waals surface area contributed by atoms with Gasteiger partial charge in [-0.1, -0.05) is 12.1 Å². The van der Waals surface area contributed by atoms with Crippen LogP contribution in [-0.2, 0) is 16.1 Å². The highest BCUT2D eigenvalue weighted by molar-refractivity contribution is 6.24. The molecule has 4 amide bonds. The summed E-state index contributed by atoms with van der Waals surface area (Å²) in [6, 6.07) is 4.23. The molecular weight excluding hydrogens is 348 g/mol. The van der Waals surface area contributed by atoms with Crippen molar-refractivity contribution < 1.29 is 19.2 Å². The fourth-order valence-corrected chi connectivity index (χ4v) is 3.97. The first kappa shape index (κ1) is 17.8. The van der Waals surface area contributed by atoms with Crippen LogP contribution < -0.4 is 16.4 Å². The summed E-state index contributed by atoms with van der Waals surface area (Å²) in [4.78, 5) is 50.2. The van der Waals surface area contributed by atoms with Crippen LogP contribution in [0.15, 0.2) is 18.2 Å². The number of nitrogens with one attached hydrogen (secondary N) is 2. The Hall–Kier alpha value is -2.58. The Morgan fingerprint density at radius 3 is 2.67 bits per heavy atom. The third-order valence-electron chi connectivity index (χ3n) is 5.65. The van der Waals surface area contributed by atoms with Crippen LogP contribution in [0.2, 0.25) is 0 Å². The molecule has 0 radical (unpaired) electrons. The standard InChI is InChI=1S/C19H22N4O4/c20-7-11-6-12(11)9-21-8-10-2-1-3-13-16(10)19(27)23(18(13)26)14-4-5-15(24)22-17(14)25/h1-3,11-12,14,21H,4-9,20H2,(H,22,24,25). The van der Waals surface area contributed by atoms with Crippen molar-refractivity contribution in [3.05, 3.63) is 34.9 Å². The van der Waals surface area contributed by atoms with Crippen molar-refractivity contribution in [2.45, 2.75) is 31.8 Å². The van der Waals surface area contributed by atoms with Gasteiger partial charge in [-0.3, -0.25) is 29.4 Å². The highest BCUT2D eigenvalue weighted by atomic mass is 16.2. The van der Waals surface area contributed by atoms with Crippen molar-refractivity contribution in [2.75, 3.05) is 13.1 Å². The molecule has 3 aliphatic rings. The zero-order chi connectivity index (χ0) is 19.1. The molecule has 3 atom stereocenters. The molecule has 2 fully saturated rings. The Balaban J connectivity index is 1.51. The summed E-state index contributed by atoms with van der Waals surface area (Å²) in [6.07, 6.45) is 1.39. The van der Waals surface area contributed by atoms with Gasteiger partial charge in [-0.15, -0.1) is 0 Å². The number of hydrogen-bond acceptors (Lipinski definition) is 6. The Morgan fingerprint density at radius 1 is 1.15 bits per heavy atom. The number of imide groups is 2. The molecule has 1 saturated heterocycles. The van der Waals surface area contributed by atoms with Crippen molar-refractivity contribution in [1.29, 1.82) is 0 Å². The maximum atomic E-state index is 13.0. The maximum Gasteiger partial charge on any atom is 0.262 e. The van der Waals surface area contributed by atoms with Crippen LogP contribution in [0.5, 0.6) is 0 Å². The molecule has 4 rings (SSSR count). The minimum absolute atomic E-state index is 0.113. The Morgan fingerprint density at radius 2 is 1.96 bits per heavy atom. The molecule has 0 bridgehead atoms. The lowest BCUT2D eigenvalue weighted by Gasteiger charge is -2.27. The van der Waals surface area contributed by atoms with Crippen LogP contribution >= 0.6 is 0 Å². The molecule has 8 nitrogen and oxygen atoms in total. The molecule has 142 valence electrons. The Labute approximate surface area is 156 Å². The van der Waals surface area contributed by atoms with E-state index in [1.165, 1.54) is 0 Å². The lowest BCUT2D eigenvalue weighted by atomic mass is 10.0. The number of carbonyl (C=O) groups is 4. The molecule has 0 spiro atoms. The molecule has 8 heteroatoms. The second-order valence-electron chi connectivity index (χ2n) is 7.41. The van der Waals surface area contributed by atoms with Gasteiger partial charge in [0.2, 0.25) is 11.8 Å². The van der Waals surface area contributed by atoms with Crippen molar-refractivity contribution >= 4 is 23.6 Å². The number of nitrogens with two attached hydrogens (primary N) is 1. The van der Waals surface area contributed by atoms with Crippen molar-refractivity contribution in [3.63, 3.8) is 0 Å². The number of fused-ring (bicyclic) bond motifs is 1. The summed E-state index contributed by atoms with van der Waals surface area (Å²) < 4.78 is 0. The molecule has 0 aromatic heterocycles. The van der Waals surface area contributed by atoms with Crippen LogP contribution in [0.3, 0.4) is 0 Å². The number of piperidine rings is 1. The zero-order valence-electron chi connectivity index (χ0n) is 14.9. The van der Waals surface area contributed by atoms with E-state index in [-0.39, 0.29) is 18.7 Å². The second-order valence-corrected chi connectivity index (χ2v) is 7.41. The van der Waals surface area contributed by atoms with E-state index in [0.717, 1.165) is 23.4 Å². The van der Waals surface area contributed by atoms with Crippen molar-refractivity contribution in [2.24, 2.45) is 17.6 Å². The van der Waals surface area contributed by atoms with Gasteiger partial charge in [-0.2, -0.15) is 0 Å². The normalized spacial score (nSPS) is 27.0. The molecule has 1 saturated carbocycles. The van der Waals surface area contributed by atoms with Crippen LogP contribution in [-0.4, -0.2) is 47.7 Å². The molecule has 1 aliphatic carbocycles. The topological polar surface area (TPSA) is 122 Å². The smallest absolute Gasteiger partial charge is 0.262 e. The van der Waals surface area contributed by atoms with Gasteiger partial charge >= 0.3 is 0 Å². The fraction of sp³-hybridized carbons (Fsp3) is 0.474. The largest absolute Gasteiger partial charge is 0.330 e. The zero-order valence-corrected chi connectivity index (χ0v) is 14.9. The maximum absolute atomic E-state index is 13.0. The highest BCUT2D eigenvalue weighted by Crippen LogP contribution is 2.36. The average Bonchev–Trinajstić information content (AvgIpc) is 3.36. The van der Waals surface area contributed by atoms with E-state index in [2.05, 4.69) is 10.6 Å². The highest BCUT2D eigenvalue weighted by Gasteiger charge is 2.45. The number of carbonyl (C=O) groups excluding carboxylic acids is 4. The van der Waals surface area contributed by atoms with E-state index >= 15 is 0 Å². The Kier molecular flexibility index (Phi) is 4.53. The third-order valence-corrected chi connectivity index (χ3v) is 5.65. The SMILES string of the molecule is NCC1CC1CNCc1cccc2c1C(=O)N(C1CCC(=O)NC1=O)C2=O.